The number of nitrogens with zero attached hydrogens (tertiary/aromatic N) is 2. The normalized spacial score (nSPS) is 15.3. The Labute approximate surface area is 127 Å². The summed E-state index contributed by atoms with van der Waals surface area (Å²) in [5.74, 6) is 0.110. The van der Waals surface area contributed by atoms with Crippen molar-refractivity contribution in [2.45, 2.75) is 25.7 Å². The molecule has 1 aromatic carbocycles. The Morgan fingerprint density at radius 1 is 1.30 bits per heavy atom. The van der Waals surface area contributed by atoms with E-state index in [0.717, 1.165) is 30.4 Å². The molecule has 1 heterocycles. The Kier molecular flexibility index (Phi) is 5.42. The zero-order chi connectivity index (χ0) is 14.4. The van der Waals surface area contributed by atoms with Gasteiger partial charge in [0.15, 0.2) is 0 Å². The smallest absolute Gasteiger partial charge is 0.241 e. The van der Waals surface area contributed by atoms with Gasteiger partial charge in [0.1, 0.15) is 6.07 Å². The molecule has 0 saturated carbocycles. The van der Waals surface area contributed by atoms with Gasteiger partial charge in [0.05, 0.1) is 17.8 Å². The van der Waals surface area contributed by atoms with Gasteiger partial charge in [0.25, 0.3) is 0 Å². The summed E-state index contributed by atoms with van der Waals surface area (Å²) in [4.78, 5) is 14.1. The van der Waals surface area contributed by atoms with Crippen LogP contribution >= 0.6 is 15.9 Å². The predicted octanol–water partition coefficient (Wildman–Crippen LogP) is 3.14. The lowest BCUT2D eigenvalue weighted by Crippen LogP contribution is -2.36. The number of rotatable bonds is 3. The summed E-state index contributed by atoms with van der Waals surface area (Å²) < 4.78 is 0.860. The summed E-state index contributed by atoms with van der Waals surface area (Å²) in [5.41, 5.74) is 1.25. The molecule has 106 valence electrons. The van der Waals surface area contributed by atoms with Gasteiger partial charge in [-0.3, -0.25) is 4.79 Å². The number of hydrogen-bond acceptors (Lipinski definition) is 3. The highest BCUT2D eigenvalue weighted by Crippen LogP contribution is 2.20. The van der Waals surface area contributed by atoms with E-state index in [1.54, 1.807) is 6.07 Å². The van der Waals surface area contributed by atoms with Crippen molar-refractivity contribution in [3.05, 3.63) is 28.2 Å². The Balaban J connectivity index is 1.94. The summed E-state index contributed by atoms with van der Waals surface area (Å²) in [7, 11) is 0. The first-order chi connectivity index (χ1) is 9.70. The van der Waals surface area contributed by atoms with Crippen molar-refractivity contribution in [2.75, 3.05) is 25.0 Å². The number of benzene rings is 1. The molecular weight excluding hydrogens is 318 g/mol. The maximum Gasteiger partial charge on any atom is 0.241 e. The van der Waals surface area contributed by atoms with Crippen molar-refractivity contribution in [1.82, 2.24) is 4.90 Å². The van der Waals surface area contributed by atoms with E-state index in [-0.39, 0.29) is 12.5 Å². The molecule has 0 aromatic heterocycles. The number of likely N-dealkylation sites (tertiary alicyclic amines) is 1. The van der Waals surface area contributed by atoms with Crippen LogP contribution in [0.25, 0.3) is 0 Å². The van der Waals surface area contributed by atoms with Crippen LogP contribution < -0.4 is 5.32 Å². The van der Waals surface area contributed by atoms with E-state index in [1.165, 1.54) is 12.8 Å². The molecule has 5 heteroatoms. The van der Waals surface area contributed by atoms with Gasteiger partial charge in [-0.2, -0.15) is 5.26 Å². The van der Waals surface area contributed by atoms with Crippen LogP contribution in [-0.4, -0.2) is 30.4 Å². The molecule has 0 aliphatic carbocycles. The van der Waals surface area contributed by atoms with Crippen LogP contribution in [0.4, 0.5) is 5.69 Å². The molecule has 1 aliphatic heterocycles. The van der Waals surface area contributed by atoms with Gasteiger partial charge in [-0.15, -0.1) is 0 Å². The van der Waals surface area contributed by atoms with Crippen molar-refractivity contribution < 1.29 is 4.79 Å². The molecule has 1 N–H and O–H groups in total. The third kappa shape index (κ3) is 3.97. The summed E-state index contributed by atoms with van der Waals surface area (Å²) in [5, 5.41) is 12.2. The summed E-state index contributed by atoms with van der Waals surface area (Å²) in [6.45, 7) is 1.95. The number of amides is 1. The minimum Gasteiger partial charge on any atom is -0.375 e. The summed E-state index contributed by atoms with van der Waals surface area (Å²) in [6, 6.07) is 7.56. The molecule has 1 aliphatic rings. The summed E-state index contributed by atoms with van der Waals surface area (Å²) >= 11 is 3.33. The van der Waals surface area contributed by atoms with Gasteiger partial charge >= 0.3 is 0 Å². The third-order valence-electron chi connectivity index (χ3n) is 3.49. The van der Waals surface area contributed by atoms with E-state index >= 15 is 0 Å². The van der Waals surface area contributed by atoms with Crippen molar-refractivity contribution >= 4 is 27.5 Å². The fourth-order valence-corrected chi connectivity index (χ4v) is 2.73. The van der Waals surface area contributed by atoms with E-state index in [4.69, 9.17) is 5.26 Å². The van der Waals surface area contributed by atoms with Crippen LogP contribution in [-0.2, 0) is 4.79 Å². The topological polar surface area (TPSA) is 56.1 Å². The van der Waals surface area contributed by atoms with Gasteiger partial charge in [0, 0.05) is 17.6 Å². The second-order valence-electron chi connectivity index (χ2n) is 4.95. The lowest BCUT2D eigenvalue weighted by atomic mass is 10.2. The number of carbonyl (C=O) groups excluding carboxylic acids is 1. The van der Waals surface area contributed by atoms with E-state index in [9.17, 15) is 4.79 Å². The molecule has 4 nitrogen and oxygen atoms in total. The zero-order valence-corrected chi connectivity index (χ0v) is 12.9. The highest BCUT2D eigenvalue weighted by atomic mass is 79.9. The number of anilines is 1. The van der Waals surface area contributed by atoms with Crippen molar-refractivity contribution in [2.24, 2.45) is 0 Å². The van der Waals surface area contributed by atoms with E-state index < -0.39 is 0 Å². The fourth-order valence-electron chi connectivity index (χ4n) is 2.37. The number of nitriles is 1. The van der Waals surface area contributed by atoms with Crippen LogP contribution in [0.5, 0.6) is 0 Å². The number of nitrogens with one attached hydrogen (secondary N) is 1. The largest absolute Gasteiger partial charge is 0.375 e. The Morgan fingerprint density at radius 2 is 2.00 bits per heavy atom. The monoisotopic (exact) mass is 335 g/mol. The first-order valence-corrected chi connectivity index (χ1v) is 7.71. The van der Waals surface area contributed by atoms with E-state index in [1.807, 2.05) is 17.0 Å². The number of carbonyl (C=O) groups is 1. The van der Waals surface area contributed by atoms with Crippen LogP contribution in [0.2, 0.25) is 0 Å². The number of halogens is 1. The van der Waals surface area contributed by atoms with Crippen LogP contribution in [0, 0.1) is 11.3 Å². The second kappa shape index (κ2) is 7.30. The van der Waals surface area contributed by atoms with Gasteiger partial charge in [0.2, 0.25) is 5.91 Å². The first-order valence-electron chi connectivity index (χ1n) is 6.92. The minimum absolute atomic E-state index is 0.110. The van der Waals surface area contributed by atoms with Crippen LogP contribution in [0.3, 0.4) is 0 Å². The molecule has 1 aromatic rings. The molecule has 0 unspecified atom stereocenters. The van der Waals surface area contributed by atoms with Crippen molar-refractivity contribution in [3.63, 3.8) is 0 Å². The van der Waals surface area contributed by atoms with E-state index in [2.05, 4.69) is 27.3 Å². The Morgan fingerprint density at radius 3 is 2.65 bits per heavy atom. The van der Waals surface area contributed by atoms with Gasteiger partial charge < -0.3 is 10.2 Å². The molecule has 2 rings (SSSR count). The molecule has 0 spiro atoms. The highest BCUT2D eigenvalue weighted by Gasteiger charge is 2.15. The van der Waals surface area contributed by atoms with Crippen molar-refractivity contribution in [1.29, 1.82) is 5.26 Å². The molecule has 0 atom stereocenters. The lowest BCUT2D eigenvalue weighted by Gasteiger charge is -2.21. The van der Waals surface area contributed by atoms with Gasteiger partial charge in [-0.1, -0.05) is 28.8 Å². The standard InChI is InChI=1S/C15H18BrN3O/c16-13-5-6-14(12(9-13)10-17)18-11-15(20)19-7-3-1-2-4-8-19/h5-6,9,18H,1-4,7-8,11H2. The molecular formula is C15H18BrN3O. The molecule has 1 saturated heterocycles. The first kappa shape index (κ1) is 14.9. The molecule has 0 radical (unpaired) electrons. The highest BCUT2D eigenvalue weighted by molar-refractivity contribution is 9.10. The van der Waals surface area contributed by atoms with Crippen molar-refractivity contribution in [3.8, 4) is 6.07 Å². The molecule has 0 bridgehead atoms. The second-order valence-corrected chi connectivity index (χ2v) is 5.87. The molecule has 20 heavy (non-hydrogen) atoms. The fraction of sp³-hybridized carbons (Fsp3) is 0.467. The SMILES string of the molecule is N#Cc1cc(Br)ccc1NCC(=O)N1CCCCCC1. The average Bonchev–Trinajstić information content (AvgIpc) is 2.74. The molecule has 1 amide bonds. The third-order valence-corrected chi connectivity index (χ3v) is 3.98. The average molecular weight is 336 g/mol. The molecule has 1 fully saturated rings. The van der Waals surface area contributed by atoms with Gasteiger partial charge in [-0.25, -0.2) is 0 Å². The van der Waals surface area contributed by atoms with Gasteiger partial charge in [-0.05, 0) is 31.0 Å². The maximum absolute atomic E-state index is 12.2. The predicted molar refractivity (Wildman–Crippen MR) is 82.4 cm³/mol. The lowest BCUT2D eigenvalue weighted by molar-refractivity contribution is -0.129. The Hall–Kier alpha value is -1.54. The number of hydrogen-bond donors (Lipinski definition) is 1. The van der Waals surface area contributed by atoms with Crippen LogP contribution in [0.15, 0.2) is 22.7 Å². The minimum atomic E-state index is 0.110. The van der Waals surface area contributed by atoms with E-state index in [0.29, 0.717) is 11.3 Å². The quantitative estimate of drug-likeness (QED) is 0.923. The summed E-state index contributed by atoms with van der Waals surface area (Å²) in [6.07, 6.45) is 4.60. The maximum atomic E-state index is 12.2. The van der Waals surface area contributed by atoms with Crippen LogP contribution in [0.1, 0.15) is 31.2 Å². The Bertz CT molecular complexity index is 516. The zero-order valence-electron chi connectivity index (χ0n) is 11.4.